The molecule has 0 fully saturated rings. The van der Waals surface area contributed by atoms with Gasteiger partial charge in [-0.05, 0) is 58.5 Å². The van der Waals surface area contributed by atoms with Crippen LogP contribution in [0.25, 0.3) is 10.9 Å². The Balaban J connectivity index is 1.96. The quantitative estimate of drug-likeness (QED) is 0.489. The number of benzene rings is 2. The number of nitrogens with one attached hydrogen (secondary N) is 1. The number of aromatic nitrogens is 2. The second-order valence-electron chi connectivity index (χ2n) is 8.08. The van der Waals surface area contributed by atoms with E-state index in [0.29, 0.717) is 40.1 Å². The number of sulfonamides is 1. The van der Waals surface area contributed by atoms with E-state index in [1.165, 1.54) is 6.33 Å². The Morgan fingerprint density at radius 2 is 1.69 bits per heavy atom. The van der Waals surface area contributed by atoms with Gasteiger partial charge in [0, 0.05) is 18.0 Å². The number of nitrogens with zero attached hydrogens (tertiary/aromatic N) is 3. The van der Waals surface area contributed by atoms with Crippen LogP contribution in [0.1, 0.15) is 23.1 Å². The number of aryl methyl sites for hydroxylation is 3. The maximum absolute atomic E-state index is 13.2. The van der Waals surface area contributed by atoms with Gasteiger partial charge < -0.3 is 14.4 Å². The van der Waals surface area contributed by atoms with Gasteiger partial charge in [0.1, 0.15) is 6.33 Å². The summed E-state index contributed by atoms with van der Waals surface area (Å²) in [6, 6.07) is 7.14. The van der Waals surface area contributed by atoms with Gasteiger partial charge in [0.2, 0.25) is 0 Å². The molecule has 0 aliphatic rings. The van der Waals surface area contributed by atoms with Gasteiger partial charge in [0.15, 0.2) is 17.3 Å². The van der Waals surface area contributed by atoms with E-state index in [1.54, 1.807) is 33.1 Å². The molecular formula is C23H30N4O4S. The largest absolute Gasteiger partial charge is 0.493 e. The van der Waals surface area contributed by atoms with Crippen molar-refractivity contribution in [1.29, 1.82) is 0 Å². The summed E-state index contributed by atoms with van der Waals surface area (Å²) in [7, 11) is 1.71. The minimum Gasteiger partial charge on any atom is -0.493 e. The van der Waals surface area contributed by atoms with Crippen LogP contribution in [0.15, 0.2) is 35.5 Å². The molecule has 0 bridgehead atoms. The lowest BCUT2D eigenvalue weighted by molar-refractivity contribution is 0.268. The van der Waals surface area contributed by atoms with Crippen LogP contribution < -0.4 is 14.2 Å². The number of ether oxygens (including phenoxy) is 2. The van der Waals surface area contributed by atoms with E-state index in [1.807, 2.05) is 33.2 Å². The van der Waals surface area contributed by atoms with Crippen LogP contribution in [0.3, 0.4) is 0 Å². The molecule has 3 rings (SSSR count). The number of methoxy groups -OCH3 is 1. The molecule has 0 aliphatic carbocycles. The minimum absolute atomic E-state index is 0.187. The Morgan fingerprint density at radius 1 is 1.00 bits per heavy atom. The summed E-state index contributed by atoms with van der Waals surface area (Å²) in [6.45, 7) is 6.94. The van der Waals surface area contributed by atoms with Crippen molar-refractivity contribution in [1.82, 2.24) is 14.9 Å². The molecule has 8 nitrogen and oxygen atoms in total. The zero-order valence-electron chi connectivity index (χ0n) is 19.4. The van der Waals surface area contributed by atoms with Crippen molar-refractivity contribution >= 4 is 26.7 Å². The summed E-state index contributed by atoms with van der Waals surface area (Å²) < 4.78 is 40.4. The first-order valence-corrected chi connectivity index (χ1v) is 11.8. The van der Waals surface area contributed by atoms with E-state index >= 15 is 0 Å². The molecule has 1 N–H and O–H groups in total. The second kappa shape index (κ2) is 9.70. The van der Waals surface area contributed by atoms with E-state index in [4.69, 9.17) is 9.47 Å². The van der Waals surface area contributed by atoms with Crippen LogP contribution in [0, 0.1) is 20.8 Å². The molecule has 1 aromatic heterocycles. The fraction of sp³-hybridized carbons (Fsp3) is 0.391. The third-order valence-electron chi connectivity index (χ3n) is 5.03. The summed E-state index contributed by atoms with van der Waals surface area (Å²) in [6.07, 6.45) is 2.19. The van der Waals surface area contributed by atoms with Gasteiger partial charge >= 0.3 is 0 Å². The monoisotopic (exact) mass is 458 g/mol. The lowest BCUT2D eigenvalue weighted by Gasteiger charge is -2.16. The number of hydrogen-bond acceptors (Lipinski definition) is 7. The van der Waals surface area contributed by atoms with Crippen molar-refractivity contribution in [3.63, 3.8) is 0 Å². The molecule has 0 radical (unpaired) electrons. The summed E-state index contributed by atoms with van der Waals surface area (Å²) in [5.41, 5.74) is 2.92. The molecule has 2 aromatic carbocycles. The van der Waals surface area contributed by atoms with E-state index in [0.717, 1.165) is 18.5 Å². The Hall–Kier alpha value is -2.91. The van der Waals surface area contributed by atoms with Crippen LogP contribution in [-0.4, -0.2) is 57.6 Å². The predicted molar refractivity (Wildman–Crippen MR) is 126 cm³/mol. The average Bonchev–Trinajstić information content (AvgIpc) is 2.69. The van der Waals surface area contributed by atoms with Crippen molar-refractivity contribution in [2.45, 2.75) is 32.1 Å². The van der Waals surface area contributed by atoms with Gasteiger partial charge in [-0.15, -0.1) is 0 Å². The number of fused-ring (bicyclic) bond motifs is 1. The van der Waals surface area contributed by atoms with Crippen molar-refractivity contribution < 1.29 is 17.9 Å². The zero-order chi connectivity index (χ0) is 23.5. The SMILES string of the molecule is COc1cc2c(NS(=O)(=O)c3c(C)cc(C)cc3C)ncnc2cc1OCCCN(C)C. The topological polar surface area (TPSA) is 93.6 Å². The molecule has 1 heterocycles. The normalized spacial score (nSPS) is 11.7. The van der Waals surface area contributed by atoms with E-state index in [-0.39, 0.29) is 10.7 Å². The molecule has 0 saturated heterocycles. The number of hydrogen-bond donors (Lipinski definition) is 1. The molecule has 9 heteroatoms. The van der Waals surface area contributed by atoms with Crippen molar-refractivity contribution in [3.05, 3.63) is 47.3 Å². The maximum atomic E-state index is 13.2. The summed E-state index contributed by atoms with van der Waals surface area (Å²) in [5.74, 6) is 1.23. The van der Waals surface area contributed by atoms with Crippen molar-refractivity contribution in [2.75, 3.05) is 39.1 Å². The smallest absolute Gasteiger partial charge is 0.263 e. The fourth-order valence-electron chi connectivity index (χ4n) is 3.75. The van der Waals surface area contributed by atoms with Crippen LogP contribution in [0.4, 0.5) is 5.82 Å². The van der Waals surface area contributed by atoms with Gasteiger partial charge in [-0.1, -0.05) is 17.7 Å². The standard InChI is InChI=1S/C23H30N4O4S/c1-15-10-16(2)22(17(3)11-15)32(28,29)26-23-18-12-20(30-6)21(13-19(18)24-14-25-23)31-9-7-8-27(4)5/h10-14H,7-9H2,1-6H3,(H,24,25,26). The Bertz CT molecular complexity index is 1200. The summed E-state index contributed by atoms with van der Waals surface area (Å²) in [5, 5.41) is 0.524. The third-order valence-corrected chi connectivity index (χ3v) is 6.68. The Labute approximate surface area is 189 Å². The Morgan fingerprint density at radius 3 is 2.31 bits per heavy atom. The molecule has 0 atom stereocenters. The highest BCUT2D eigenvalue weighted by atomic mass is 32.2. The minimum atomic E-state index is -3.86. The molecule has 0 saturated carbocycles. The van der Waals surface area contributed by atoms with Gasteiger partial charge in [0.25, 0.3) is 10.0 Å². The predicted octanol–water partition coefficient (Wildman–Crippen LogP) is 3.69. The molecular weight excluding hydrogens is 428 g/mol. The van der Waals surface area contributed by atoms with Crippen LogP contribution in [-0.2, 0) is 10.0 Å². The Kier molecular flexibility index (Phi) is 7.20. The molecule has 172 valence electrons. The van der Waals surface area contributed by atoms with Crippen LogP contribution in [0.5, 0.6) is 11.5 Å². The number of rotatable bonds is 9. The highest BCUT2D eigenvalue weighted by molar-refractivity contribution is 7.92. The molecule has 0 amide bonds. The van der Waals surface area contributed by atoms with E-state index in [2.05, 4.69) is 19.6 Å². The maximum Gasteiger partial charge on any atom is 0.263 e. The van der Waals surface area contributed by atoms with Crippen LogP contribution in [0.2, 0.25) is 0 Å². The lowest BCUT2D eigenvalue weighted by atomic mass is 10.1. The second-order valence-corrected chi connectivity index (χ2v) is 9.70. The van der Waals surface area contributed by atoms with E-state index in [9.17, 15) is 8.42 Å². The number of anilines is 1. The highest BCUT2D eigenvalue weighted by Gasteiger charge is 2.22. The van der Waals surface area contributed by atoms with Crippen molar-refractivity contribution in [3.8, 4) is 11.5 Å². The van der Waals surface area contributed by atoms with Gasteiger partial charge in [-0.2, -0.15) is 0 Å². The van der Waals surface area contributed by atoms with Crippen molar-refractivity contribution in [2.24, 2.45) is 0 Å². The lowest BCUT2D eigenvalue weighted by Crippen LogP contribution is -2.17. The average molecular weight is 459 g/mol. The third kappa shape index (κ3) is 5.28. The molecule has 32 heavy (non-hydrogen) atoms. The molecule has 3 aromatic rings. The summed E-state index contributed by atoms with van der Waals surface area (Å²) in [4.78, 5) is 10.8. The van der Waals surface area contributed by atoms with Gasteiger partial charge in [-0.25, -0.2) is 18.4 Å². The summed E-state index contributed by atoms with van der Waals surface area (Å²) >= 11 is 0. The zero-order valence-corrected chi connectivity index (χ0v) is 20.2. The van der Waals surface area contributed by atoms with E-state index < -0.39 is 10.0 Å². The molecule has 0 unspecified atom stereocenters. The van der Waals surface area contributed by atoms with Gasteiger partial charge in [-0.3, -0.25) is 4.72 Å². The first kappa shape index (κ1) is 23.7. The van der Waals surface area contributed by atoms with Crippen LogP contribution >= 0.6 is 0 Å². The molecule has 0 aliphatic heterocycles. The first-order chi connectivity index (χ1) is 15.1. The first-order valence-electron chi connectivity index (χ1n) is 10.3. The fourth-order valence-corrected chi connectivity index (χ4v) is 5.23. The molecule has 0 spiro atoms. The van der Waals surface area contributed by atoms with Gasteiger partial charge in [0.05, 0.1) is 24.1 Å². The highest BCUT2D eigenvalue weighted by Crippen LogP contribution is 2.35.